The van der Waals surface area contributed by atoms with Crippen LogP contribution in [0.25, 0.3) is 0 Å². The molecule has 1 aliphatic heterocycles. The van der Waals surface area contributed by atoms with E-state index in [4.69, 9.17) is 9.47 Å². The number of halogens is 1. The highest BCUT2D eigenvalue weighted by Crippen LogP contribution is 2.33. The van der Waals surface area contributed by atoms with Crippen molar-refractivity contribution in [1.82, 2.24) is 0 Å². The van der Waals surface area contributed by atoms with Gasteiger partial charge in [0.05, 0.1) is 23.5 Å². The standard InChI is InChI=1S/C18H17BrN2O6S/c1-3-26-18(23)11-4-7-16(13(19)8-11)28(24,25)21-12-5-6-15-14(9-12)20-17(22)10(2)27-15/h4-10,21H,3H2,1-2H3,(H,20,22). The molecule has 1 amide bonds. The summed E-state index contributed by atoms with van der Waals surface area (Å²) in [5.74, 6) is -0.403. The first kappa shape index (κ1) is 20.2. The van der Waals surface area contributed by atoms with Gasteiger partial charge in [-0.25, -0.2) is 13.2 Å². The van der Waals surface area contributed by atoms with Crippen LogP contribution in [0.2, 0.25) is 0 Å². The van der Waals surface area contributed by atoms with Crippen molar-refractivity contribution < 1.29 is 27.5 Å². The second kappa shape index (κ2) is 7.80. The molecule has 148 valence electrons. The normalized spacial score (nSPS) is 15.8. The molecule has 0 aliphatic carbocycles. The van der Waals surface area contributed by atoms with E-state index in [0.29, 0.717) is 11.4 Å². The number of nitrogens with one attached hydrogen (secondary N) is 2. The van der Waals surface area contributed by atoms with E-state index in [9.17, 15) is 18.0 Å². The second-order valence-electron chi connectivity index (χ2n) is 5.93. The lowest BCUT2D eigenvalue weighted by atomic mass is 10.2. The zero-order valence-corrected chi connectivity index (χ0v) is 17.4. The molecular weight excluding hydrogens is 452 g/mol. The van der Waals surface area contributed by atoms with Crippen molar-refractivity contribution in [3.63, 3.8) is 0 Å². The highest BCUT2D eigenvalue weighted by Gasteiger charge is 2.25. The maximum absolute atomic E-state index is 12.7. The van der Waals surface area contributed by atoms with Crippen LogP contribution < -0.4 is 14.8 Å². The molecule has 1 atom stereocenters. The zero-order chi connectivity index (χ0) is 20.5. The van der Waals surface area contributed by atoms with Gasteiger partial charge in [-0.2, -0.15) is 0 Å². The van der Waals surface area contributed by atoms with Gasteiger partial charge in [-0.15, -0.1) is 0 Å². The molecule has 1 heterocycles. The highest BCUT2D eigenvalue weighted by atomic mass is 79.9. The van der Waals surface area contributed by atoms with Gasteiger partial charge < -0.3 is 14.8 Å². The predicted octanol–water partition coefficient (Wildman–Crippen LogP) is 3.15. The monoisotopic (exact) mass is 468 g/mol. The third-order valence-electron chi connectivity index (χ3n) is 3.90. The van der Waals surface area contributed by atoms with Gasteiger partial charge in [0, 0.05) is 4.47 Å². The molecule has 2 aromatic carbocycles. The van der Waals surface area contributed by atoms with E-state index in [1.54, 1.807) is 19.9 Å². The fourth-order valence-corrected chi connectivity index (χ4v) is 4.67. The fourth-order valence-electron chi connectivity index (χ4n) is 2.54. The summed E-state index contributed by atoms with van der Waals surface area (Å²) in [7, 11) is -3.95. The number of sulfonamides is 1. The lowest BCUT2D eigenvalue weighted by molar-refractivity contribution is -0.122. The van der Waals surface area contributed by atoms with Crippen molar-refractivity contribution in [2.24, 2.45) is 0 Å². The van der Waals surface area contributed by atoms with Crippen molar-refractivity contribution in [3.8, 4) is 5.75 Å². The van der Waals surface area contributed by atoms with E-state index in [2.05, 4.69) is 26.0 Å². The molecule has 3 rings (SSSR count). The molecule has 8 nitrogen and oxygen atoms in total. The third-order valence-corrected chi connectivity index (χ3v) is 6.25. The molecule has 0 fully saturated rings. The van der Waals surface area contributed by atoms with Gasteiger partial charge in [-0.05, 0) is 66.2 Å². The molecule has 0 spiro atoms. The van der Waals surface area contributed by atoms with Crippen LogP contribution in [-0.4, -0.2) is 33.0 Å². The lowest BCUT2D eigenvalue weighted by Crippen LogP contribution is -2.34. The average molecular weight is 469 g/mol. The summed E-state index contributed by atoms with van der Waals surface area (Å²) in [6, 6.07) is 8.64. The minimum Gasteiger partial charge on any atom is -0.479 e. The highest BCUT2D eigenvalue weighted by molar-refractivity contribution is 9.10. The van der Waals surface area contributed by atoms with Crippen LogP contribution >= 0.6 is 15.9 Å². The molecule has 28 heavy (non-hydrogen) atoms. The number of hydrogen-bond donors (Lipinski definition) is 2. The first-order chi connectivity index (χ1) is 13.2. The first-order valence-corrected chi connectivity index (χ1v) is 10.6. The Hall–Kier alpha value is -2.59. The number of fused-ring (bicyclic) bond motifs is 1. The van der Waals surface area contributed by atoms with E-state index in [-0.39, 0.29) is 33.1 Å². The van der Waals surface area contributed by atoms with Crippen LogP contribution in [0.1, 0.15) is 24.2 Å². The minimum atomic E-state index is -3.95. The molecule has 10 heteroatoms. The number of ether oxygens (including phenoxy) is 2. The predicted molar refractivity (Wildman–Crippen MR) is 106 cm³/mol. The summed E-state index contributed by atoms with van der Waals surface area (Å²) in [4.78, 5) is 23.5. The number of esters is 1. The molecule has 1 aliphatic rings. The van der Waals surface area contributed by atoms with Gasteiger partial charge in [-0.3, -0.25) is 9.52 Å². The Morgan fingerprint density at radius 1 is 1.29 bits per heavy atom. The molecule has 2 aromatic rings. The Balaban J connectivity index is 1.85. The Kier molecular flexibility index (Phi) is 5.61. The number of amides is 1. The number of anilines is 2. The SMILES string of the molecule is CCOC(=O)c1ccc(S(=O)(=O)Nc2ccc3c(c2)NC(=O)C(C)O3)c(Br)c1. The van der Waals surface area contributed by atoms with E-state index in [1.165, 1.54) is 30.3 Å². The van der Waals surface area contributed by atoms with Crippen molar-refractivity contribution in [2.45, 2.75) is 24.8 Å². The Bertz CT molecular complexity index is 1050. The quantitative estimate of drug-likeness (QED) is 0.651. The van der Waals surface area contributed by atoms with Crippen molar-refractivity contribution in [3.05, 3.63) is 46.4 Å². The van der Waals surface area contributed by atoms with Crippen LogP contribution in [0.4, 0.5) is 11.4 Å². The van der Waals surface area contributed by atoms with Crippen LogP contribution in [-0.2, 0) is 19.6 Å². The Morgan fingerprint density at radius 2 is 2.04 bits per heavy atom. The summed E-state index contributed by atoms with van der Waals surface area (Å²) in [5, 5.41) is 2.66. The summed E-state index contributed by atoms with van der Waals surface area (Å²) in [6.45, 7) is 3.52. The number of rotatable bonds is 5. The van der Waals surface area contributed by atoms with Gasteiger partial charge in [-0.1, -0.05) is 0 Å². The van der Waals surface area contributed by atoms with E-state index in [0.717, 1.165) is 0 Å². The van der Waals surface area contributed by atoms with Crippen molar-refractivity contribution in [1.29, 1.82) is 0 Å². The molecule has 0 saturated heterocycles. The molecule has 0 bridgehead atoms. The fraction of sp³-hybridized carbons (Fsp3) is 0.222. The molecular formula is C18H17BrN2O6S. The number of carbonyl (C=O) groups excluding carboxylic acids is 2. The summed E-state index contributed by atoms with van der Waals surface area (Å²) in [5.41, 5.74) is 0.856. The van der Waals surface area contributed by atoms with E-state index in [1.807, 2.05) is 0 Å². The molecule has 0 aromatic heterocycles. The smallest absolute Gasteiger partial charge is 0.338 e. The molecule has 0 saturated carbocycles. The van der Waals surface area contributed by atoms with E-state index >= 15 is 0 Å². The Labute approximate surface area is 170 Å². The second-order valence-corrected chi connectivity index (χ2v) is 8.44. The van der Waals surface area contributed by atoms with Crippen LogP contribution in [0.15, 0.2) is 45.8 Å². The van der Waals surface area contributed by atoms with Crippen LogP contribution in [0.3, 0.4) is 0 Å². The minimum absolute atomic E-state index is 0.0489. The summed E-state index contributed by atoms with van der Waals surface area (Å²) in [6.07, 6.45) is -0.621. The number of hydrogen-bond acceptors (Lipinski definition) is 6. The lowest BCUT2D eigenvalue weighted by Gasteiger charge is -2.23. The first-order valence-electron chi connectivity index (χ1n) is 8.32. The summed E-state index contributed by atoms with van der Waals surface area (Å²) >= 11 is 3.19. The van der Waals surface area contributed by atoms with Crippen molar-refractivity contribution >= 4 is 49.2 Å². The third kappa shape index (κ3) is 4.12. The van der Waals surface area contributed by atoms with Crippen molar-refractivity contribution in [2.75, 3.05) is 16.6 Å². The van der Waals surface area contributed by atoms with Crippen LogP contribution in [0.5, 0.6) is 5.75 Å². The average Bonchev–Trinajstić information content (AvgIpc) is 2.62. The maximum Gasteiger partial charge on any atom is 0.338 e. The molecule has 0 radical (unpaired) electrons. The van der Waals surface area contributed by atoms with E-state index < -0.39 is 22.1 Å². The van der Waals surface area contributed by atoms with Gasteiger partial charge in [0.25, 0.3) is 15.9 Å². The Morgan fingerprint density at radius 3 is 2.71 bits per heavy atom. The molecule has 1 unspecified atom stereocenters. The summed E-state index contributed by atoms with van der Waals surface area (Å²) < 4.78 is 38.5. The zero-order valence-electron chi connectivity index (χ0n) is 15.0. The number of benzene rings is 2. The van der Waals surface area contributed by atoms with Gasteiger partial charge in [0.15, 0.2) is 6.10 Å². The maximum atomic E-state index is 12.7. The van der Waals surface area contributed by atoms with Gasteiger partial charge in [0.2, 0.25) is 0 Å². The van der Waals surface area contributed by atoms with Gasteiger partial charge >= 0.3 is 5.97 Å². The molecule has 2 N–H and O–H groups in total. The largest absolute Gasteiger partial charge is 0.479 e. The van der Waals surface area contributed by atoms with Gasteiger partial charge in [0.1, 0.15) is 10.6 Å². The topological polar surface area (TPSA) is 111 Å². The number of carbonyl (C=O) groups is 2. The van der Waals surface area contributed by atoms with Crippen LogP contribution in [0, 0.1) is 0 Å².